The number of benzene rings is 1. The Labute approximate surface area is 117 Å². The van der Waals surface area contributed by atoms with Crippen LogP contribution in [0.1, 0.15) is 0 Å². The average molecular weight is 299 g/mol. The van der Waals surface area contributed by atoms with Gasteiger partial charge in [-0.15, -0.1) is 0 Å². The Bertz CT molecular complexity index is 565. The van der Waals surface area contributed by atoms with E-state index in [1.165, 1.54) is 36.0 Å². The molecule has 100 valence electrons. The molecule has 5 nitrogen and oxygen atoms in total. The van der Waals surface area contributed by atoms with E-state index < -0.39 is 17.8 Å². The molecule has 0 unspecified atom stereocenters. The van der Waals surface area contributed by atoms with Crippen LogP contribution in [0.5, 0.6) is 0 Å². The first-order chi connectivity index (χ1) is 9.07. The topological polar surface area (TPSA) is 53.0 Å². The van der Waals surface area contributed by atoms with Crippen molar-refractivity contribution in [3.63, 3.8) is 0 Å². The van der Waals surface area contributed by atoms with Gasteiger partial charge >= 0.3 is 6.03 Å². The van der Waals surface area contributed by atoms with E-state index in [-0.39, 0.29) is 11.5 Å². The van der Waals surface area contributed by atoms with Crippen LogP contribution in [0.4, 0.5) is 14.9 Å². The molecule has 1 aliphatic rings. The molecule has 0 bridgehead atoms. The van der Waals surface area contributed by atoms with Gasteiger partial charge in [0.25, 0.3) is 5.91 Å². The molecule has 2 rings (SSSR count). The summed E-state index contributed by atoms with van der Waals surface area (Å²) in [5.74, 6) is -1.22. The summed E-state index contributed by atoms with van der Waals surface area (Å²) in [6, 6.07) is 5.14. The van der Waals surface area contributed by atoms with E-state index in [0.717, 1.165) is 20.8 Å². The van der Waals surface area contributed by atoms with Gasteiger partial charge in [0.2, 0.25) is 5.84 Å². The van der Waals surface area contributed by atoms with Gasteiger partial charge in [-0.2, -0.15) is 4.40 Å². The first kappa shape index (κ1) is 13.9. The molecular formula is C11H10FN3O2S2. The molecule has 19 heavy (non-hydrogen) atoms. The molecular weight excluding hydrogens is 289 g/mol. The third-order valence-electron chi connectivity index (χ3n) is 2.48. The van der Waals surface area contributed by atoms with Crippen LogP contribution in [0.25, 0.3) is 0 Å². The predicted molar refractivity (Wildman–Crippen MR) is 75.6 cm³/mol. The van der Waals surface area contributed by atoms with Crippen molar-refractivity contribution in [3.05, 3.63) is 30.1 Å². The van der Waals surface area contributed by atoms with Gasteiger partial charge in [0.1, 0.15) is 5.82 Å². The molecule has 0 spiro atoms. The third kappa shape index (κ3) is 2.45. The predicted octanol–water partition coefficient (Wildman–Crippen LogP) is 2.55. The zero-order valence-corrected chi connectivity index (χ0v) is 11.8. The smallest absolute Gasteiger partial charge is 0.265 e. The fourth-order valence-corrected chi connectivity index (χ4v) is 2.32. The highest BCUT2D eigenvalue weighted by Crippen LogP contribution is 2.27. The Kier molecular flexibility index (Phi) is 4.11. The Hall–Kier alpha value is -1.54. The van der Waals surface area contributed by atoms with Gasteiger partial charge < -0.3 is 0 Å². The van der Waals surface area contributed by atoms with Crippen molar-refractivity contribution in [3.8, 4) is 0 Å². The minimum Gasteiger partial charge on any atom is -0.265 e. The van der Waals surface area contributed by atoms with E-state index in [1.807, 2.05) is 0 Å². The van der Waals surface area contributed by atoms with Gasteiger partial charge in [0, 0.05) is 18.0 Å². The van der Waals surface area contributed by atoms with Crippen LogP contribution in [0, 0.1) is 5.82 Å². The molecule has 0 aliphatic carbocycles. The summed E-state index contributed by atoms with van der Waals surface area (Å²) < 4.78 is 17.7. The molecule has 0 atom stereocenters. The van der Waals surface area contributed by atoms with Gasteiger partial charge in [0.05, 0.1) is 5.69 Å². The lowest BCUT2D eigenvalue weighted by Crippen LogP contribution is -2.32. The Balaban J connectivity index is 2.49. The minimum atomic E-state index is -0.615. The standard InChI is InChI=1S/C11H10FN3O2S2/c1-14-10(16)9(13-19-18-2)15(11(14)17)8-6-4-3-5-7(8)12/h3-6H,1-2H3. The molecule has 0 saturated carbocycles. The molecule has 1 saturated heterocycles. The van der Waals surface area contributed by atoms with Gasteiger partial charge in [-0.1, -0.05) is 22.9 Å². The molecule has 0 aromatic heterocycles. The summed E-state index contributed by atoms with van der Waals surface area (Å²) in [4.78, 5) is 25.8. The maximum absolute atomic E-state index is 13.8. The van der Waals surface area contributed by atoms with E-state index in [0.29, 0.717) is 0 Å². The van der Waals surface area contributed by atoms with Crippen molar-refractivity contribution in [2.24, 2.45) is 4.40 Å². The van der Waals surface area contributed by atoms with Crippen LogP contribution >= 0.6 is 21.8 Å². The average Bonchev–Trinajstić information content (AvgIpc) is 2.62. The maximum Gasteiger partial charge on any atom is 0.337 e. The number of imide groups is 1. The highest BCUT2D eigenvalue weighted by molar-refractivity contribution is 8.76. The highest BCUT2D eigenvalue weighted by atomic mass is 33.1. The SMILES string of the molecule is CSSN=C1C(=O)N(C)C(=O)N1c1ccccc1F. The fraction of sp³-hybridized carbons (Fsp3) is 0.182. The summed E-state index contributed by atoms with van der Waals surface area (Å²) >= 11 is 0. The first-order valence-corrected chi connectivity index (χ1v) is 7.74. The summed E-state index contributed by atoms with van der Waals surface area (Å²) in [7, 11) is 3.72. The van der Waals surface area contributed by atoms with Crippen molar-refractivity contribution in [2.45, 2.75) is 0 Å². The number of halogens is 1. The van der Waals surface area contributed by atoms with E-state index >= 15 is 0 Å². The summed E-state index contributed by atoms with van der Waals surface area (Å²) in [5, 5.41) is 0. The molecule has 1 fully saturated rings. The number of carbonyl (C=O) groups excluding carboxylic acids is 2. The molecule has 1 heterocycles. The quantitative estimate of drug-likeness (QED) is 0.489. The summed E-state index contributed by atoms with van der Waals surface area (Å²) in [6.45, 7) is 0. The van der Waals surface area contributed by atoms with Crippen molar-refractivity contribution >= 4 is 45.2 Å². The van der Waals surface area contributed by atoms with Gasteiger partial charge in [-0.05, 0) is 18.4 Å². The van der Waals surface area contributed by atoms with E-state index in [9.17, 15) is 14.0 Å². The number of anilines is 1. The van der Waals surface area contributed by atoms with Crippen LogP contribution in [0.2, 0.25) is 0 Å². The molecule has 3 amide bonds. The number of nitrogens with zero attached hydrogens (tertiary/aromatic N) is 3. The summed E-state index contributed by atoms with van der Waals surface area (Å²) in [5.41, 5.74) is 0.0191. The maximum atomic E-state index is 13.8. The number of hydrogen-bond acceptors (Lipinski definition) is 5. The number of likely N-dealkylation sites (N-methyl/N-ethyl adjacent to an activating group) is 1. The van der Waals surface area contributed by atoms with Gasteiger partial charge in [0.15, 0.2) is 0 Å². The van der Waals surface area contributed by atoms with E-state index in [2.05, 4.69) is 4.40 Å². The van der Waals surface area contributed by atoms with Crippen LogP contribution in [0.3, 0.4) is 0 Å². The molecule has 1 aromatic carbocycles. The lowest BCUT2D eigenvalue weighted by Gasteiger charge is -2.15. The first-order valence-electron chi connectivity index (χ1n) is 5.22. The van der Waals surface area contributed by atoms with Crippen LogP contribution in [-0.2, 0) is 4.79 Å². The third-order valence-corrected chi connectivity index (χ3v) is 3.54. The second kappa shape index (κ2) is 5.62. The number of hydrogen-bond donors (Lipinski definition) is 0. The fourth-order valence-electron chi connectivity index (χ4n) is 1.58. The number of amidine groups is 1. The largest absolute Gasteiger partial charge is 0.337 e. The lowest BCUT2D eigenvalue weighted by atomic mass is 10.3. The zero-order chi connectivity index (χ0) is 14.0. The molecule has 8 heteroatoms. The number of urea groups is 1. The van der Waals surface area contributed by atoms with Crippen molar-refractivity contribution in [2.75, 3.05) is 18.2 Å². The van der Waals surface area contributed by atoms with E-state index in [4.69, 9.17) is 0 Å². The second-order valence-electron chi connectivity index (χ2n) is 3.59. The highest BCUT2D eigenvalue weighted by Gasteiger charge is 2.42. The second-order valence-corrected chi connectivity index (χ2v) is 5.70. The summed E-state index contributed by atoms with van der Waals surface area (Å²) in [6.07, 6.45) is 1.78. The number of para-hydroxylation sites is 1. The van der Waals surface area contributed by atoms with Crippen molar-refractivity contribution in [1.82, 2.24) is 4.90 Å². The molecule has 0 N–H and O–H groups in total. The van der Waals surface area contributed by atoms with Crippen molar-refractivity contribution < 1.29 is 14.0 Å². The molecule has 1 aromatic rings. The van der Waals surface area contributed by atoms with E-state index in [1.54, 1.807) is 12.3 Å². The van der Waals surface area contributed by atoms with Crippen LogP contribution in [0.15, 0.2) is 28.7 Å². The Morgan fingerprint density at radius 3 is 2.58 bits per heavy atom. The van der Waals surface area contributed by atoms with Crippen molar-refractivity contribution in [1.29, 1.82) is 0 Å². The zero-order valence-electron chi connectivity index (χ0n) is 10.2. The monoisotopic (exact) mass is 299 g/mol. The molecule has 1 aliphatic heterocycles. The van der Waals surface area contributed by atoms with Crippen LogP contribution in [-0.4, -0.2) is 36.0 Å². The number of amides is 3. The number of carbonyl (C=O) groups is 2. The van der Waals surface area contributed by atoms with Crippen LogP contribution < -0.4 is 4.90 Å². The van der Waals surface area contributed by atoms with Gasteiger partial charge in [-0.25, -0.2) is 14.1 Å². The Morgan fingerprint density at radius 1 is 1.26 bits per heavy atom. The normalized spacial score (nSPS) is 17.7. The molecule has 0 radical (unpaired) electrons. The minimum absolute atomic E-state index is 0.0191. The lowest BCUT2D eigenvalue weighted by molar-refractivity contribution is -0.119. The number of rotatable bonds is 3. The van der Waals surface area contributed by atoms with Gasteiger partial charge in [-0.3, -0.25) is 9.69 Å². The Morgan fingerprint density at radius 2 is 1.95 bits per heavy atom.